The molecule has 66 heavy (non-hydrogen) atoms. The summed E-state index contributed by atoms with van der Waals surface area (Å²) in [5.74, 6) is 3.03. The summed E-state index contributed by atoms with van der Waals surface area (Å²) in [5, 5.41) is 19.8. The Kier molecular flexibility index (Phi) is 14.6. The normalized spacial score (nSPS) is 10.5. The molecule has 5 amide bonds. The summed E-state index contributed by atoms with van der Waals surface area (Å²) < 4.78 is 17.1. The molecule has 0 fully saturated rings. The third kappa shape index (κ3) is 12.4. The smallest absolute Gasteiger partial charge is 0.324 e. The summed E-state index contributed by atoms with van der Waals surface area (Å²) >= 11 is 0. The summed E-state index contributed by atoms with van der Waals surface area (Å²) in [6.45, 7) is 7.71. The fourth-order valence-corrected chi connectivity index (χ4v) is 6.36. The van der Waals surface area contributed by atoms with E-state index in [1.165, 1.54) is 7.11 Å². The molecule has 8 aromatic rings. The van der Waals surface area contributed by atoms with Crippen molar-refractivity contribution < 1.29 is 28.6 Å². The van der Waals surface area contributed by atoms with Gasteiger partial charge in [0, 0.05) is 59.3 Å². The molecule has 3 heterocycles. The van der Waals surface area contributed by atoms with E-state index in [1.54, 1.807) is 104 Å². The van der Waals surface area contributed by atoms with Gasteiger partial charge in [0.15, 0.2) is 0 Å². The van der Waals surface area contributed by atoms with E-state index < -0.39 is 6.03 Å². The van der Waals surface area contributed by atoms with Gasteiger partial charge in [-0.2, -0.15) is 0 Å². The Balaban J connectivity index is 0.000000198. The second kappa shape index (κ2) is 21.4. The molecule has 0 atom stereocenters. The largest absolute Gasteiger partial charge is 0.479 e. The molecule has 3 aromatic heterocycles. The molecule has 0 radical (unpaired) electrons. The van der Waals surface area contributed by atoms with Crippen LogP contribution in [0.4, 0.5) is 32.5 Å². The second-order valence-electron chi connectivity index (χ2n) is 14.8. The molecule has 5 aromatic carbocycles. The second-order valence-corrected chi connectivity index (χ2v) is 14.8. The first-order chi connectivity index (χ1) is 32.0. The Bertz CT molecular complexity index is 3000. The molecule has 0 aliphatic heterocycles. The minimum absolute atomic E-state index is 0.0444. The van der Waals surface area contributed by atoms with E-state index in [-0.39, 0.29) is 18.0 Å². The maximum absolute atomic E-state index is 12.6. The number of methoxy groups -OCH3 is 1. The van der Waals surface area contributed by atoms with Crippen LogP contribution in [0.1, 0.15) is 29.9 Å². The van der Waals surface area contributed by atoms with Crippen molar-refractivity contribution in [1.82, 2.24) is 25.6 Å². The highest BCUT2D eigenvalue weighted by atomic mass is 16.5. The monoisotopic (exact) mass is 881 g/mol. The number of hydrogen-bond donors (Lipinski definition) is 6. The molecule has 0 aliphatic rings. The van der Waals surface area contributed by atoms with E-state index in [0.29, 0.717) is 68.7 Å². The van der Waals surface area contributed by atoms with Gasteiger partial charge in [0.2, 0.25) is 5.88 Å². The van der Waals surface area contributed by atoms with Gasteiger partial charge in [-0.1, -0.05) is 55.1 Å². The lowest BCUT2D eigenvalue weighted by molar-refractivity contribution is 0.0942. The fourth-order valence-electron chi connectivity index (χ4n) is 6.36. The minimum atomic E-state index is -0.432. The van der Waals surface area contributed by atoms with Crippen molar-refractivity contribution in [2.75, 3.05) is 35.4 Å². The number of amides is 5. The van der Waals surface area contributed by atoms with Crippen LogP contribution in [-0.4, -0.2) is 53.1 Å². The standard InChI is InChI=1S/C27H26N4O4.C24H21N5O2/c1-17(2)28-25(32)19-8-6-9-22(15-19)35-21-13-11-20(12-14-21)29-27(33)31-24-16-18-7-4-5-10-23(18)30-26(24)34-3;1-16(25-2)22-14-21(11-12-26-22)31-20-9-7-19(8-10-20)28-24(30)29-23-13-17-5-3-4-6-18(17)15-27-23/h4-17H,1-3H3,(H,28,32)(H2,29,31,33);3-15,25H,1H2,2H3,(H2,27,28,29,30). The van der Waals surface area contributed by atoms with Gasteiger partial charge in [-0.3, -0.25) is 15.1 Å². The average Bonchev–Trinajstić information content (AvgIpc) is 3.32. The molecule has 15 heteroatoms. The minimum Gasteiger partial charge on any atom is -0.479 e. The van der Waals surface area contributed by atoms with Crippen molar-refractivity contribution in [3.05, 3.63) is 176 Å². The lowest BCUT2D eigenvalue weighted by Gasteiger charge is -2.12. The first kappa shape index (κ1) is 45.1. The zero-order valence-corrected chi connectivity index (χ0v) is 36.6. The van der Waals surface area contributed by atoms with Crippen LogP contribution in [0.2, 0.25) is 0 Å². The molecule has 6 N–H and O–H groups in total. The first-order valence-corrected chi connectivity index (χ1v) is 20.8. The van der Waals surface area contributed by atoms with Gasteiger partial charge in [-0.15, -0.1) is 0 Å². The molecule has 0 spiro atoms. The van der Waals surface area contributed by atoms with Gasteiger partial charge >= 0.3 is 12.1 Å². The molecule has 0 bridgehead atoms. The summed E-state index contributed by atoms with van der Waals surface area (Å²) in [6, 6.07) is 42.8. The molecule has 15 nitrogen and oxygen atoms in total. The zero-order valence-electron chi connectivity index (χ0n) is 36.6. The Morgan fingerprint density at radius 2 is 1.23 bits per heavy atom. The van der Waals surface area contributed by atoms with Gasteiger partial charge < -0.3 is 40.8 Å². The van der Waals surface area contributed by atoms with Crippen molar-refractivity contribution in [3.63, 3.8) is 0 Å². The zero-order chi connectivity index (χ0) is 46.4. The Labute approximate surface area is 381 Å². The third-order valence-corrected chi connectivity index (χ3v) is 9.56. The molecule has 0 aliphatic carbocycles. The molecule has 0 saturated carbocycles. The number of aromatic nitrogens is 3. The van der Waals surface area contributed by atoms with Crippen LogP contribution in [0, 0.1) is 0 Å². The number of rotatable bonds is 13. The summed E-state index contributed by atoms with van der Waals surface area (Å²) in [6.07, 6.45) is 3.39. The number of carbonyl (C=O) groups excluding carboxylic acids is 3. The number of para-hydroxylation sites is 1. The number of fused-ring (bicyclic) bond motifs is 2. The number of hydrogen-bond acceptors (Lipinski definition) is 10. The number of carbonyl (C=O) groups is 3. The maximum Gasteiger partial charge on any atom is 0.324 e. The number of benzene rings is 5. The van der Waals surface area contributed by atoms with Crippen molar-refractivity contribution in [2.45, 2.75) is 19.9 Å². The predicted molar refractivity (Wildman–Crippen MR) is 260 cm³/mol. The average molecular weight is 882 g/mol. The van der Waals surface area contributed by atoms with E-state index in [9.17, 15) is 14.4 Å². The Hall–Kier alpha value is -8.98. The van der Waals surface area contributed by atoms with Gasteiger partial charge in [0.1, 0.15) is 34.5 Å². The molecular weight excluding hydrogens is 835 g/mol. The number of ether oxygens (including phenoxy) is 3. The lowest BCUT2D eigenvalue weighted by Crippen LogP contribution is -2.29. The quantitative estimate of drug-likeness (QED) is 0.0650. The summed E-state index contributed by atoms with van der Waals surface area (Å²) in [5.41, 5.74) is 4.37. The Morgan fingerprint density at radius 3 is 1.88 bits per heavy atom. The van der Waals surface area contributed by atoms with Crippen LogP contribution >= 0.6 is 0 Å². The Morgan fingerprint density at radius 1 is 0.606 bits per heavy atom. The van der Waals surface area contributed by atoms with Gasteiger partial charge in [-0.05, 0) is 110 Å². The van der Waals surface area contributed by atoms with Crippen LogP contribution < -0.4 is 46.1 Å². The van der Waals surface area contributed by atoms with Crippen molar-refractivity contribution in [2.24, 2.45) is 0 Å². The summed E-state index contributed by atoms with van der Waals surface area (Å²) in [4.78, 5) is 50.0. The topological polar surface area (TPSA) is 190 Å². The number of anilines is 4. The van der Waals surface area contributed by atoms with E-state index in [4.69, 9.17) is 14.2 Å². The fraction of sp³-hybridized carbons (Fsp3) is 0.0980. The van der Waals surface area contributed by atoms with Crippen molar-refractivity contribution in [3.8, 4) is 28.9 Å². The van der Waals surface area contributed by atoms with Crippen LogP contribution in [-0.2, 0) is 0 Å². The van der Waals surface area contributed by atoms with Gasteiger partial charge in [-0.25, -0.2) is 19.6 Å². The van der Waals surface area contributed by atoms with Crippen LogP contribution in [0.3, 0.4) is 0 Å². The highest BCUT2D eigenvalue weighted by Crippen LogP contribution is 2.29. The first-order valence-electron chi connectivity index (χ1n) is 20.8. The maximum atomic E-state index is 12.6. The van der Waals surface area contributed by atoms with E-state index in [1.807, 2.05) is 74.5 Å². The van der Waals surface area contributed by atoms with E-state index in [0.717, 1.165) is 21.7 Å². The SMILES string of the molecule is C=C(NC)c1cc(Oc2ccc(NC(=O)Nc3cc4ccccc4cn3)cc2)ccn1.COc1nc2ccccc2cc1NC(=O)Nc1ccc(Oc2cccc(C(=O)NC(C)C)c2)cc1. The van der Waals surface area contributed by atoms with Crippen LogP contribution in [0.5, 0.6) is 28.9 Å². The highest BCUT2D eigenvalue weighted by molar-refractivity contribution is 6.02. The van der Waals surface area contributed by atoms with Gasteiger partial charge in [0.05, 0.1) is 24.0 Å². The molecule has 8 rings (SSSR count). The predicted octanol–water partition coefficient (Wildman–Crippen LogP) is 11.1. The molecular formula is C51H47N9O6. The number of nitrogens with zero attached hydrogens (tertiary/aromatic N) is 3. The molecule has 0 saturated heterocycles. The number of urea groups is 2. The highest BCUT2D eigenvalue weighted by Gasteiger charge is 2.13. The van der Waals surface area contributed by atoms with Gasteiger partial charge in [0.25, 0.3) is 5.91 Å². The van der Waals surface area contributed by atoms with Crippen molar-refractivity contribution >= 4 is 68.2 Å². The van der Waals surface area contributed by atoms with E-state index >= 15 is 0 Å². The number of nitrogens with one attached hydrogen (secondary N) is 6. The van der Waals surface area contributed by atoms with E-state index in [2.05, 4.69) is 53.4 Å². The summed E-state index contributed by atoms with van der Waals surface area (Å²) in [7, 11) is 3.29. The lowest BCUT2D eigenvalue weighted by atomic mass is 10.2. The van der Waals surface area contributed by atoms with Crippen LogP contribution in [0.15, 0.2) is 165 Å². The molecule has 332 valence electrons. The van der Waals surface area contributed by atoms with Crippen LogP contribution in [0.25, 0.3) is 27.4 Å². The third-order valence-electron chi connectivity index (χ3n) is 9.56. The molecule has 0 unspecified atom stereocenters. The number of pyridine rings is 3. The van der Waals surface area contributed by atoms with Crippen molar-refractivity contribution in [1.29, 1.82) is 0 Å².